The van der Waals surface area contributed by atoms with E-state index in [9.17, 15) is 9.59 Å². The van der Waals surface area contributed by atoms with Crippen LogP contribution in [0.1, 0.15) is 27.7 Å². The van der Waals surface area contributed by atoms with Crippen LogP contribution < -0.4 is 10.6 Å². The van der Waals surface area contributed by atoms with Crippen LogP contribution >= 0.6 is 0 Å². The quantitative estimate of drug-likeness (QED) is 0.682. The maximum atomic E-state index is 11.2. The van der Waals surface area contributed by atoms with E-state index in [1.807, 2.05) is 27.7 Å². The molecule has 5 heteroatoms. The maximum absolute atomic E-state index is 11.2. The predicted octanol–water partition coefficient (Wildman–Crippen LogP) is 0.0538. The van der Waals surface area contributed by atoms with E-state index in [1.165, 1.54) is 0 Å². The number of carbonyl (C=O) groups excluding carboxylic acids is 2. The smallest absolute Gasteiger partial charge is 0.246 e. The fourth-order valence-corrected chi connectivity index (χ4v) is 0.939. The average Bonchev–Trinajstić information content (AvgIpc) is 2.00. The van der Waals surface area contributed by atoms with Crippen LogP contribution in [0.2, 0.25) is 0 Å². The van der Waals surface area contributed by atoms with Crippen molar-refractivity contribution in [2.75, 3.05) is 19.8 Å². The van der Waals surface area contributed by atoms with Crippen LogP contribution in [-0.2, 0) is 14.3 Å². The molecular formula is C10H20N2O3. The van der Waals surface area contributed by atoms with Crippen molar-refractivity contribution >= 4 is 11.8 Å². The molecule has 0 fully saturated rings. The molecule has 0 unspecified atom stereocenters. The molecule has 88 valence electrons. The van der Waals surface area contributed by atoms with Crippen LogP contribution in [0.4, 0.5) is 0 Å². The lowest BCUT2D eigenvalue weighted by atomic mass is 10.1. The van der Waals surface area contributed by atoms with Crippen LogP contribution in [0.5, 0.6) is 0 Å². The minimum absolute atomic E-state index is 0.0780. The highest BCUT2D eigenvalue weighted by Gasteiger charge is 2.13. The molecule has 0 aliphatic heterocycles. The van der Waals surface area contributed by atoms with Gasteiger partial charge in [0.25, 0.3) is 0 Å². The fraction of sp³-hybridized carbons (Fsp3) is 0.800. The highest BCUT2D eigenvalue weighted by atomic mass is 16.5. The largest absolute Gasteiger partial charge is 0.362 e. The van der Waals surface area contributed by atoms with Crippen LogP contribution in [0.25, 0.3) is 0 Å². The molecule has 5 nitrogen and oxygen atoms in total. The Balaban J connectivity index is 3.60. The number of hydrogen-bond donors (Lipinski definition) is 2. The molecule has 0 bridgehead atoms. The molecule has 0 aliphatic rings. The van der Waals surface area contributed by atoms with Gasteiger partial charge in [-0.25, -0.2) is 0 Å². The molecule has 0 saturated heterocycles. The second kappa shape index (κ2) is 6.40. The highest BCUT2D eigenvalue weighted by molar-refractivity contribution is 5.79. The topological polar surface area (TPSA) is 67.4 Å². The second-order valence-electron chi connectivity index (χ2n) is 4.24. The Morgan fingerprint density at radius 3 is 2.13 bits per heavy atom. The molecule has 0 aromatic carbocycles. The summed E-state index contributed by atoms with van der Waals surface area (Å²) in [5.41, 5.74) is -0.272. The summed E-state index contributed by atoms with van der Waals surface area (Å²) < 4.78 is 4.93. The molecular weight excluding hydrogens is 196 g/mol. The van der Waals surface area contributed by atoms with Gasteiger partial charge in [0.15, 0.2) is 0 Å². The second-order valence-corrected chi connectivity index (χ2v) is 4.24. The van der Waals surface area contributed by atoms with Gasteiger partial charge >= 0.3 is 0 Å². The molecule has 0 rings (SSSR count). The Morgan fingerprint density at radius 1 is 1.13 bits per heavy atom. The van der Waals surface area contributed by atoms with Crippen molar-refractivity contribution in [1.82, 2.24) is 10.6 Å². The molecule has 0 aromatic rings. The fourth-order valence-electron chi connectivity index (χ4n) is 0.939. The lowest BCUT2D eigenvalue weighted by Gasteiger charge is -2.20. The number of likely N-dealkylation sites (N-methyl/N-ethyl adjacent to an activating group) is 1. The molecule has 2 amide bonds. The molecule has 15 heavy (non-hydrogen) atoms. The maximum Gasteiger partial charge on any atom is 0.246 e. The van der Waals surface area contributed by atoms with Gasteiger partial charge in [-0.1, -0.05) is 0 Å². The third-order valence-electron chi connectivity index (χ3n) is 1.35. The van der Waals surface area contributed by atoms with E-state index in [-0.39, 0.29) is 30.6 Å². The van der Waals surface area contributed by atoms with Crippen molar-refractivity contribution in [1.29, 1.82) is 0 Å². The molecule has 0 heterocycles. The first-order valence-corrected chi connectivity index (χ1v) is 5.00. The number of ether oxygens (including phenoxy) is 1. The van der Waals surface area contributed by atoms with E-state index in [4.69, 9.17) is 4.74 Å². The zero-order valence-electron chi connectivity index (χ0n) is 9.85. The summed E-state index contributed by atoms with van der Waals surface area (Å²) in [6.07, 6.45) is 0. The predicted molar refractivity (Wildman–Crippen MR) is 57.4 cm³/mol. The summed E-state index contributed by atoms with van der Waals surface area (Å²) >= 11 is 0. The summed E-state index contributed by atoms with van der Waals surface area (Å²) in [6, 6.07) is 0. The number of nitrogens with one attached hydrogen (secondary N) is 2. The Labute approximate surface area is 90.6 Å². The van der Waals surface area contributed by atoms with Gasteiger partial charge in [0.2, 0.25) is 11.8 Å². The van der Waals surface area contributed by atoms with Gasteiger partial charge in [0, 0.05) is 12.1 Å². The van der Waals surface area contributed by atoms with Gasteiger partial charge in [-0.2, -0.15) is 0 Å². The number of carbonyl (C=O) groups is 2. The first kappa shape index (κ1) is 13.9. The van der Waals surface area contributed by atoms with Crippen molar-refractivity contribution in [3.63, 3.8) is 0 Å². The molecule has 0 saturated carbocycles. The minimum Gasteiger partial charge on any atom is -0.362 e. The van der Waals surface area contributed by atoms with Crippen LogP contribution in [0.3, 0.4) is 0 Å². The van der Waals surface area contributed by atoms with Crippen molar-refractivity contribution in [2.45, 2.75) is 33.2 Å². The summed E-state index contributed by atoms with van der Waals surface area (Å²) in [6.45, 7) is 7.87. The van der Waals surface area contributed by atoms with E-state index in [0.717, 1.165) is 0 Å². The molecule has 0 aliphatic carbocycles. The van der Waals surface area contributed by atoms with Crippen molar-refractivity contribution in [3.8, 4) is 0 Å². The van der Waals surface area contributed by atoms with Gasteiger partial charge in [-0.05, 0) is 27.7 Å². The third kappa shape index (κ3) is 9.21. The standard InChI is InChI=1S/C10H20N2O3/c1-5-11-8(13)6-15-7-9(14)12-10(2,3)4/h5-7H2,1-4H3,(H,11,13)(H,12,14). The molecule has 0 atom stereocenters. The Bertz CT molecular complexity index is 221. The lowest BCUT2D eigenvalue weighted by Crippen LogP contribution is -2.43. The van der Waals surface area contributed by atoms with Crippen LogP contribution in [-0.4, -0.2) is 37.1 Å². The Hall–Kier alpha value is -1.10. The molecule has 0 radical (unpaired) electrons. The SMILES string of the molecule is CCNC(=O)COCC(=O)NC(C)(C)C. The third-order valence-corrected chi connectivity index (χ3v) is 1.35. The molecule has 0 aromatic heterocycles. The summed E-state index contributed by atoms with van der Waals surface area (Å²) in [5, 5.41) is 5.30. The van der Waals surface area contributed by atoms with Crippen LogP contribution in [0.15, 0.2) is 0 Å². The van der Waals surface area contributed by atoms with E-state index < -0.39 is 0 Å². The number of amides is 2. The van der Waals surface area contributed by atoms with E-state index in [2.05, 4.69) is 10.6 Å². The van der Waals surface area contributed by atoms with Gasteiger partial charge in [0.05, 0.1) is 0 Å². The summed E-state index contributed by atoms with van der Waals surface area (Å²) in [4.78, 5) is 22.2. The number of rotatable bonds is 5. The summed E-state index contributed by atoms with van der Waals surface area (Å²) in [7, 11) is 0. The number of hydrogen-bond acceptors (Lipinski definition) is 3. The monoisotopic (exact) mass is 216 g/mol. The average molecular weight is 216 g/mol. The summed E-state index contributed by atoms with van der Waals surface area (Å²) in [5.74, 6) is -0.423. The molecule has 2 N–H and O–H groups in total. The van der Waals surface area contributed by atoms with Gasteiger partial charge in [-0.15, -0.1) is 0 Å². The zero-order valence-corrected chi connectivity index (χ0v) is 9.85. The van der Waals surface area contributed by atoms with Crippen molar-refractivity contribution in [2.24, 2.45) is 0 Å². The van der Waals surface area contributed by atoms with Crippen LogP contribution in [0, 0.1) is 0 Å². The Morgan fingerprint density at radius 2 is 1.67 bits per heavy atom. The van der Waals surface area contributed by atoms with Crippen molar-refractivity contribution in [3.05, 3.63) is 0 Å². The van der Waals surface area contributed by atoms with E-state index >= 15 is 0 Å². The van der Waals surface area contributed by atoms with Gasteiger partial charge in [0.1, 0.15) is 13.2 Å². The van der Waals surface area contributed by atoms with Gasteiger partial charge in [-0.3, -0.25) is 9.59 Å². The Kier molecular flexibility index (Phi) is 5.93. The normalized spacial score (nSPS) is 10.9. The molecule has 0 spiro atoms. The van der Waals surface area contributed by atoms with E-state index in [0.29, 0.717) is 6.54 Å². The first-order valence-electron chi connectivity index (χ1n) is 5.00. The highest BCUT2D eigenvalue weighted by Crippen LogP contribution is 1.97. The lowest BCUT2D eigenvalue weighted by molar-refractivity contribution is -0.131. The van der Waals surface area contributed by atoms with Gasteiger partial charge < -0.3 is 15.4 Å². The minimum atomic E-state index is -0.272. The zero-order chi connectivity index (χ0) is 11.9. The van der Waals surface area contributed by atoms with Crippen molar-refractivity contribution < 1.29 is 14.3 Å². The first-order chi connectivity index (χ1) is 6.85. The van der Waals surface area contributed by atoms with E-state index in [1.54, 1.807) is 0 Å².